The minimum absolute atomic E-state index is 0.270. The van der Waals surface area contributed by atoms with Gasteiger partial charge in [0.2, 0.25) is 0 Å². The monoisotopic (exact) mass is 217 g/mol. The molecule has 0 aliphatic rings. The predicted molar refractivity (Wildman–Crippen MR) is 57.1 cm³/mol. The van der Waals surface area contributed by atoms with Gasteiger partial charge in [-0.3, -0.25) is 0 Å². The molecular weight excluding hydrogens is 201 g/mol. The van der Waals surface area contributed by atoms with Crippen LogP contribution in [0.2, 0.25) is 0 Å². The highest BCUT2D eigenvalue weighted by molar-refractivity contribution is 7.10. The van der Waals surface area contributed by atoms with E-state index >= 15 is 0 Å². The van der Waals surface area contributed by atoms with Gasteiger partial charge in [-0.2, -0.15) is 0 Å². The van der Waals surface area contributed by atoms with E-state index in [1.54, 1.807) is 12.3 Å². The molecule has 0 saturated heterocycles. The fraction of sp³-hybridized carbons (Fsp3) is 0.600. The van der Waals surface area contributed by atoms with Crippen LogP contribution in [0, 0.1) is 12.7 Å². The minimum Gasteiger partial charge on any atom is -0.386 e. The van der Waals surface area contributed by atoms with Gasteiger partial charge in [-0.1, -0.05) is 13.8 Å². The summed E-state index contributed by atoms with van der Waals surface area (Å²) < 4.78 is 13.4. The largest absolute Gasteiger partial charge is 0.386 e. The standard InChI is InChI=1S/C10H16FNOS/c1-6(2)12-4-8(13)10-9(11)7(3)5-14-10/h5-6,8,12-13H,4H2,1-3H3. The number of aliphatic hydroxyl groups excluding tert-OH is 1. The van der Waals surface area contributed by atoms with E-state index in [1.807, 2.05) is 13.8 Å². The summed E-state index contributed by atoms with van der Waals surface area (Å²) >= 11 is 1.27. The fourth-order valence-corrected chi connectivity index (χ4v) is 2.03. The molecule has 2 N–H and O–H groups in total. The van der Waals surface area contributed by atoms with E-state index in [1.165, 1.54) is 11.3 Å². The number of aliphatic hydroxyl groups is 1. The zero-order valence-corrected chi connectivity index (χ0v) is 9.49. The molecular formula is C10H16FNOS. The van der Waals surface area contributed by atoms with Gasteiger partial charge >= 0.3 is 0 Å². The van der Waals surface area contributed by atoms with Crippen LogP contribution in [-0.2, 0) is 0 Å². The van der Waals surface area contributed by atoms with Crippen molar-refractivity contribution in [3.63, 3.8) is 0 Å². The van der Waals surface area contributed by atoms with Crippen LogP contribution in [-0.4, -0.2) is 17.7 Å². The second-order valence-corrected chi connectivity index (χ2v) is 4.59. The van der Waals surface area contributed by atoms with Gasteiger partial charge in [0.15, 0.2) is 0 Å². The van der Waals surface area contributed by atoms with Gasteiger partial charge in [0.05, 0.1) is 4.88 Å². The highest BCUT2D eigenvalue weighted by Gasteiger charge is 2.16. The van der Waals surface area contributed by atoms with Crippen LogP contribution < -0.4 is 5.32 Å². The molecule has 0 saturated carbocycles. The van der Waals surface area contributed by atoms with E-state index in [0.29, 0.717) is 23.0 Å². The van der Waals surface area contributed by atoms with E-state index in [0.717, 1.165) is 0 Å². The molecule has 0 spiro atoms. The summed E-state index contributed by atoms with van der Waals surface area (Å²) in [5.41, 5.74) is 0.605. The summed E-state index contributed by atoms with van der Waals surface area (Å²) in [6.45, 7) is 6.08. The summed E-state index contributed by atoms with van der Waals surface area (Å²) in [5, 5.41) is 14.5. The van der Waals surface area contributed by atoms with Gasteiger partial charge in [-0.25, -0.2) is 4.39 Å². The maximum Gasteiger partial charge on any atom is 0.142 e. The molecule has 1 aromatic heterocycles. The Morgan fingerprint density at radius 2 is 2.21 bits per heavy atom. The third-order valence-corrected chi connectivity index (χ3v) is 3.12. The summed E-state index contributed by atoms with van der Waals surface area (Å²) in [6.07, 6.45) is -0.740. The average Bonchev–Trinajstić information content (AvgIpc) is 2.44. The molecule has 0 fully saturated rings. The molecule has 4 heteroatoms. The van der Waals surface area contributed by atoms with Crippen LogP contribution in [0.1, 0.15) is 30.4 Å². The molecule has 0 aromatic carbocycles. The molecule has 80 valence electrons. The number of halogens is 1. The molecule has 0 aliphatic heterocycles. The number of thiophene rings is 1. The van der Waals surface area contributed by atoms with Crippen molar-refractivity contribution in [2.75, 3.05) is 6.54 Å². The van der Waals surface area contributed by atoms with Gasteiger partial charge in [-0.05, 0) is 17.9 Å². The molecule has 1 heterocycles. The number of nitrogens with one attached hydrogen (secondary N) is 1. The first-order valence-electron chi connectivity index (χ1n) is 4.67. The van der Waals surface area contributed by atoms with Gasteiger partial charge in [0.25, 0.3) is 0 Å². The Morgan fingerprint density at radius 1 is 1.57 bits per heavy atom. The van der Waals surface area contributed by atoms with E-state index in [2.05, 4.69) is 5.32 Å². The molecule has 0 radical (unpaired) electrons. The summed E-state index contributed by atoms with van der Waals surface area (Å²) in [5.74, 6) is -0.270. The lowest BCUT2D eigenvalue weighted by Crippen LogP contribution is -2.27. The van der Waals surface area contributed by atoms with Crippen LogP contribution in [0.3, 0.4) is 0 Å². The zero-order valence-electron chi connectivity index (χ0n) is 8.67. The number of hydrogen-bond donors (Lipinski definition) is 2. The third kappa shape index (κ3) is 2.77. The Hall–Kier alpha value is -0.450. The summed E-state index contributed by atoms with van der Waals surface area (Å²) in [4.78, 5) is 0.427. The summed E-state index contributed by atoms with van der Waals surface area (Å²) in [7, 11) is 0. The second-order valence-electron chi connectivity index (χ2n) is 3.68. The van der Waals surface area contributed by atoms with Crippen molar-refractivity contribution in [1.29, 1.82) is 0 Å². The quantitative estimate of drug-likeness (QED) is 0.810. The van der Waals surface area contributed by atoms with Crippen molar-refractivity contribution in [3.8, 4) is 0 Å². The predicted octanol–water partition coefficient (Wildman–Crippen LogP) is 2.23. The number of hydrogen-bond acceptors (Lipinski definition) is 3. The first-order chi connectivity index (χ1) is 6.52. The zero-order chi connectivity index (χ0) is 10.7. The number of rotatable bonds is 4. The van der Waals surface area contributed by atoms with Crippen molar-refractivity contribution in [3.05, 3.63) is 21.6 Å². The normalized spacial score (nSPS) is 13.6. The molecule has 1 aromatic rings. The van der Waals surface area contributed by atoms with Crippen LogP contribution in [0.25, 0.3) is 0 Å². The van der Waals surface area contributed by atoms with Crippen molar-refractivity contribution in [1.82, 2.24) is 5.32 Å². The van der Waals surface area contributed by atoms with E-state index in [4.69, 9.17) is 0 Å². The van der Waals surface area contributed by atoms with Crippen molar-refractivity contribution in [2.24, 2.45) is 0 Å². The maximum absolute atomic E-state index is 13.4. The highest BCUT2D eigenvalue weighted by atomic mass is 32.1. The molecule has 14 heavy (non-hydrogen) atoms. The maximum atomic E-state index is 13.4. The van der Waals surface area contributed by atoms with Gasteiger partial charge in [0.1, 0.15) is 11.9 Å². The van der Waals surface area contributed by atoms with Crippen LogP contribution in [0.4, 0.5) is 4.39 Å². The molecule has 0 amide bonds. The van der Waals surface area contributed by atoms with Crippen LogP contribution in [0.15, 0.2) is 5.38 Å². The van der Waals surface area contributed by atoms with E-state index < -0.39 is 6.10 Å². The summed E-state index contributed by atoms with van der Waals surface area (Å²) in [6, 6.07) is 0.300. The molecule has 0 bridgehead atoms. The van der Waals surface area contributed by atoms with Crippen molar-refractivity contribution in [2.45, 2.75) is 32.9 Å². The third-order valence-electron chi connectivity index (χ3n) is 1.95. The fourth-order valence-electron chi connectivity index (χ4n) is 1.11. The molecule has 1 unspecified atom stereocenters. The van der Waals surface area contributed by atoms with Crippen LogP contribution >= 0.6 is 11.3 Å². The Morgan fingerprint density at radius 3 is 2.64 bits per heavy atom. The lowest BCUT2D eigenvalue weighted by atomic mass is 10.2. The van der Waals surface area contributed by atoms with Crippen molar-refractivity contribution < 1.29 is 9.50 Å². The van der Waals surface area contributed by atoms with Gasteiger partial charge in [0, 0.05) is 12.6 Å². The SMILES string of the molecule is Cc1csc(C(O)CNC(C)C)c1F. The van der Waals surface area contributed by atoms with Gasteiger partial charge < -0.3 is 10.4 Å². The van der Waals surface area contributed by atoms with Crippen LogP contribution in [0.5, 0.6) is 0 Å². The minimum atomic E-state index is -0.740. The molecule has 2 nitrogen and oxygen atoms in total. The highest BCUT2D eigenvalue weighted by Crippen LogP contribution is 2.26. The first kappa shape index (κ1) is 11.6. The molecule has 1 rings (SSSR count). The topological polar surface area (TPSA) is 32.3 Å². The lowest BCUT2D eigenvalue weighted by Gasteiger charge is -2.12. The molecule has 0 aliphatic carbocycles. The Bertz CT molecular complexity index is 298. The molecule has 1 atom stereocenters. The second kappa shape index (κ2) is 4.87. The average molecular weight is 217 g/mol. The lowest BCUT2D eigenvalue weighted by molar-refractivity contribution is 0.171. The van der Waals surface area contributed by atoms with Gasteiger partial charge in [-0.15, -0.1) is 11.3 Å². The van der Waals surface area contributed by atoms with Crippen molar-refractivity contribution >= 4 is 11.3 Å². The Kier molecular flexibility index (Phi) is 4.04. The Labute approximate surface area is 87.8 Å². The Balaban J connectivity index is 2.60. The first-order valence-corrected chi connectivity index (χ1v) is 5.55. The smallest absolute Gasteiger partial charge is 0.142 e. The van der Waals surface area contributed by atoms with E-state index in [-0.39, 0.29) is 5.82 Å². The van der Waals surface area contributed by atoms with E-state index in [9.17, 15) is 9.50 Å². The number of aryl methyl sites for hydroxylation is 1.